The van der Waals surface area contributed by atoms with Gasteiger partial charge in [0.25, 0.3) is 0 Å². The van der Waals surface area contributed by atoms with Crippen molar-refractivity contribution in [3.05, 3.63) is 59.6 Å². The zero-order valence-corrected chi connectivity index (χ0v) is 10.4. The van der Waals surface area contributed by atoms with Gasteiger partial charge >= 0.3 is 0 Å². The van der Waals surface area contributed by atoms with E-state index in [1.807, 2.05) is 54.6 Å². The van der Waals surface area contributed by atoms with Crippen LogP contribution >= 0.6 is 11.6 Å². The van der Waals surface area contributed by atoms with Gasteiger partial charge in [0.05, 0.1) is 5.69 Å². The number of pyridine rings is 1. The van der Waals surface area contributed by atoms with Crippen molar-refractivity contribution in [1.82, 2.24) is 4.98 Å². The molecule has 0 radical (unpaired) electrons. The molecule has 2 nitrogen and oxygen atoms in total. The summed E-state index contributed by atoms with van der Waals surface area (Å²) in [5.41, 5.74) is 7.90. The van der Waals surface area contributed by atoms with Gasteiger partial charge in [0.2, 0.25) is 0 Å². The molecule has 18 heavy (non-hydrogen) atoms. The third kappa shape index (κ3) is 1.91. The molecule has 0 atom stereocenters. The van der Waals surface area contributed by atoms with Gasteiger partial charge in [-0.05, 0) is 29.7 Å². The number of hydrogen-bond donors (Lipinski definition) is 1. The van der Waals surface area contributed by atoms with Crippen molar-refractivity contribution in [2.45, 2.75) is 0 Å². The number of fused-ring (bicyclic) bond motifs is 1. The second kappa shape index (κ2) is 4.31. The molecule has 3 heteroatoms. The summed E-state index contributed by atoms with van der Waals surface area (Å²) in [7, 11) is 0. The topological polar surface area (TPSA) is 38.9 Å². The lowest BCUT2D eigenvalue weighted by molar-refractivity contribution is 1.36. The first-order chi connectivity index (χ1) is 8.74. The van der Waals surface area contributed by atoms with Gasteiger partial charge in [0, 0.05) is 16.0 Å². The second-order valence-electron chi connectivity index (χ2n) is 4.12. The Kier molecular flexibility index (Phi) is 2.65. The van der Waals surface area contributed by atoms with E-state index in [1.165, 1.54) is 0 Å². The monoisotopic (exact) mass is 254 g/mol. The number of hydrogen-bond acceptors (Lipinski definition) is 2. The number of rotatable bonds is 1. The molecule has 0 saturated heterocycles. The summed E-state index contributed by atoms with van der Waals surface area (Å²) in [5, 5.41) is 2.64. The Morgan fingerprint density at radius 3 is 2.50 bits per heavy atom. The van der Waals surface area contributed by atoms with Gasteiger partial charge in [-0.3, -0.25) is 0 Å². The molecule has 3 rings (SSSR count). The number of halogens is 1. The number of benzene rings is 2. The Balaban J connectivity index is 2.27. The maximum atomic E-state index is 6.01. The molecule has 0 spiro atoms. The van der Waals surface area contributed by atoms with Gasteiger partial charge in [0.1, 0.15) is 5.82 Å². The van der Waals surface area contributed by atoms with E-state index in [0.29, 0.717) is 10.8 Å². The standard InChI is InChI=1S/C15H11ClN2/c16-12-6-7-13-11(8-12)9-14(18-15(13)17)10-4-2-1-3-5-10/h1-9H,(H2,17,18). The molecule has 0 bridgehead atoms. The molecular formula is C15H11ClN2. The summed E-state index contributed by atoms with van der Waals surface area (Å²) < 4.78 is 0. The normalized spacial score (nSPS) is 10.7. The molecule has 0 aliphatic rings. The Morgan fingerprint density at radius 2 is 1.72 bits per heavy atom. The summed E-state index contributed by atoms with van der Waals surface area (Å²) in [5.74, 6) is 0.531. The molecule has 0 fully saturated rings. The molecule has 88 valence electrons. The average Bonchev–Trinajstić information content (AvgIpc) is 2.39. The third-order valence-electron chi connectivity index (χ3n) is 2.89. The zero-order valence-electron chi connectivity index (χ0n) is 9.60. The highest BCUT2D eigenvalue weighted by atomic mass is 35.5. The van der Waals surface area contributed by atoms with Crippen molar-refractivity contribution in [1.29, 1.82) is 0 Å². The molecule has 2 N–H and O–H groups in total. The van der Waals surface area contributed by atoms with E-state index in [4.69, 9.17) is 17.3 Å². The van der Waals surface area contributed by atoms with Crippen LogP contribution in [0.4, 0.5) is 5.82 Å². The second-order valence-corrected chi connectivity index (χ2v) is 4.56. The summed E-state index contributed by atoms with van der Waals surface area (Å²) in [4.78, 5) is 4.44. The quantitative estimate of drug-likeness (QED) is 0.709. The number of aromatic nitrogens is 1. The van der Waals surface area contributed by atoms with Gasteiger partial charge in [-0.1, -0.05) is 41.9 Å². The van der Waals surface area contributed by atoms with E-state index in [9.17, 15) is 0 Å². The molecule has 3 aromatic rings. The third-order valence-corrected chi connectivity index (χ3v) is 3.13. The van der Waals surface area contributed by atoms with Crippen LogP contribution in [0.5, 0.6) is 0 Å². The molecule has 2 aromatic carbocycles. The minimum absolute atomic E-state index is 0.531. The number of nitrogens with two attached hydrogens (primary N) is 1. The van der Waals surface area contributed by atoms with Crippen LogP contribution in [-0.4, -0.2) is 4.98 Å². The molecule has 0 aliphatic carbocycles. The van der Waals surface area contributed by atoms with Gasteiger partial charge in [-0.2, -0.15) is 0 Å². The van der Waals surface area contributed by atoms with Crippen molar-refractivity contribution in [3.8, 4) is 11.3 Å². The van der Waals surface area contributed by atoms with Crippen LogP contribution in [-0.2, 0) is 0 Å². The fourth-order valence-electron chi connectivity index (χ4n) is 2.01. The molecule has 0 amide bonds. The highest BCUT2D eigenvalue weighted by Crippen LogP contribution is 2.28. The summed E-state index contributed by atoms with van der Waals surface area (Å²) in [6, 6.07) is 17.6. The Bertz CT molecular complexity index is 708. The lowest BCUT2D eigenvalue weighted by Gasteiger charge is -2.06. The van der Waals surface area contributed by atoms with Crippen molar-refractivity contribution in [2.24, 2.45) is 0 Å². The predicted octanol–water partition coefficient (Wildman–Crippen LogP) is 4.14. The minimum atomic E-state index is 0.531. The lowest BCUT2D eigenvalue weighted by Crippen LogP contribution is -1.94. The van der Waals surface area contributed by atoms with E-state index in [-0.39, 0.29) is 0 Å². The molecule has 1 aromatic heterocycles. The molecule has 0 unspecified atom stereocenters. The van der Waals surface area contributed by atoms with E-state index in [0.717, 1.165) is 22.0 Å². The largest absolute Gasteiger partial charge is 0.383 e. The van der Waals surface area contributed by atoms with E-state index in [1.54, 1.807) is 0 Å². The molecular weight excluding hydrogens is 244 g/mol. The summed E-state index contributed by atoms with van der Waals surface area (Å²) in [6.45, 7) is 0. The Labute approximate surface area is 110 Å². The van der Waals surface area contributed by atoms with Crippen molar-refractivity contribution < 1.29 is 0 Å². The molecule has 0 aliphatic heterocycles. The van der Waals surface area contributed by atoms with Crippen LogP contribution in [0.15, 0.2) is 54.6 Å². The molecule has 1 heterocycles. The van der Waals surface area contributed by atoms with Crippen LogP contribution in [0, 0.1) is 0 Å². The van der Waals surface area contributed by atoms with Gasteiger partial charge in [0.15, 0.2) is 0 Å². The van der Waals surface area contributed by atoms with Crippen LogP contribution in [0.3, 0.4) is 0 Å². The average molecular weight is 255 g/mol. The van der Waals surface area contributed by atoms with Crippen LogP contribution in [0.25, 0.3) is 22.0 Å². The van der Waals surface area contributed by atoms with E-state index >= 15 is 0 Å². The summed E-state index contributed by atoms with van der Waals surface area (Å²) in [6.07, 6.45) is 0. The zero-order chi connectivity index (χ0) is 12.5. The van der Waals surface area contributed by atoms with Gasteiger partial charge in [-0.15, -0.1) is 0 Å². The molecule has 0 saturated carbocycles. The Morgan fingerprint density at radius 1 is 0.944 bits per heavy atom. The predicted molar refractivity (Wildman–Crippen MR) is 76.6 cm³/mol. The van der Waals surface area contributed by atoms with Crippen molar-refractivity contribution in [2.75, 3.05) is 5.73 Å². The SMILES string of the molecule is Nc1nc(-c2ccccc2)cc2cc(Cl)ccc12. The van der Waals surface area contributed by atoms with Crippen LogP contribution in [0.2, 0.25) is 5.02 Å². The minimum Gasteiger partial charge on any atom is -0.383 e. The first-order valence-electron chi connectivity index (χ1n) is 5.65. The van der Waals surface area contributed by atoms with Crippen molar-refractivity contribution in [3.63, 3.8) is 0 Å². The van der Waals surface area contributed by atoms with Gasteiger partial charge < -0.3 is 5.73 Å². The number of nitrogen functional groups attached to an aromatic ring is 1. The number of nitrogens with zero attached hydrogens (tertiary/aromatic N) is 1. The summed E-state index contributed by atoms with van der Waals surface area (Å²) >= 11 is 6.01. The maximum Gasteiger partial charge on any atom is 0.131 e. The Hall–Kier alpha value is -2.06. The van der Waals surface area contributed by atoms with Crippen LogP contribution < -0.4 is 5.73 Å². The van der Waals surface area contributed by atoms with Crippen LogP contribution in [0.1, 0.15) is 0 Å². The maximum absolute atomic E-state index is 6.01. The van der Waals surface area contributed by atoms with Gasteiger partial charge in [-0.25, -0.2) is 4.98 Å². The highest BCUT2D eigenvalue weighted by Gasteiger charge is 2.05. The smallest absolute Gasteiger partial charge is 0.131 e. The first kappa shape index (κ1) is 11.1. The van der Waals surface area contributed by atoms with Crippen molar-refractivity contribution >= 4 is 28.2 Å². The fraction of sp³-hybridized carbons (Fsp3) is 0. The van der Waals surface area contributed by atoms with E-state index in [2.05, 4.69) is 4.98 Å². The number of anilines is 1. The highest BCUT2D eigenvalue weighted by molar-refractivity contribution is 6.31. The van der Waals surface area contributed by atoms with E-state index < -0.39 is 0 Å². The first-order valence-corrected chi connectivity index (χ1v) is 6.03. The fourth-order valence-corrected chi connectivity index (χ4v) is 2.19. The lowest BCUT2D eigenvalue weighted by atomic mass is 10.1.